The van der Waals surface area contributed by atoms with Crippen molar-refractivity contribution < 1.29 is 9.90 Å². The number of aryl methyl sites for hydroxylation is 2. The quantitative estimate of drug-likeness (QED) is 0.845. The Morgan fingerprint density at radius 2 is 2.19 bits per heavy atom. The van der Waals surface area contributed by atoms with Crippen LogP contribution in [0.15, 0.2) is 12.3 Å². The van der Waals surface area contributed by atoms with Crippen LogP contribution in [0.5, 0.6) is 0 Å². The van der Waals surface area contributed by atoms with E-state index in [4.69, 9.17) is 0 Å². The number of carboxylic acid groups (broad SMARTS) is 1. The van der Waals surface area contributed by atoms with Crippen LogP contribution < -0.4 is 5.32 Å². The number of rotatable bonds is 6. The first-order chi connectivity index (χ1) is 9.85. The Hall–Kier alpha value is -1.42. The van der Waals surface area contributed by atoms with E-state index in [-0.39, 0.29) is 5.41 Å². The lowest BCUT2D eigenvalue weighted by atomic mass is 9.88. The summed E-state index contributed by atoms with van der Waals surface area (Å²) in [6.45, 7) is 6.98. The van der Waals surface area contributed by atoms with Crippen LogP contribution in [-0.4, -0.2) is 22.1 Å². The highest BCUT2D eigenvalue weighted by atomic mass is 16.4. The zero-order valence-corrected chi connectivity index (χ0v) is 13.3. The Kier molecular flexibility index (Phi) is 4.99. The van der Waals surface area contributed by atoms with Gasteiger partial charge in [0.05, 0.1) is 0 Å². The minimum Gasteiger partial charge on any atom is -0.480 e. The summed E-state index contributed by atoms with van der Waals surface area (Å²) in [7, 11) is 0. The fraction of sp³-hybridized carbons (Fsp3) is 0.647. The van der Waals surface area contributed by atoms with Crippen molar-refractivity contribution in [2.75, 3.05) is 0 Å². The van der Waals surface area contributed by atoms with Crippen molar-refractivity contribution in [3.63, 3.8) is 0 Å². The number of hydrogen-bond donors (Lipinski definition) is 2. The molecule has 1 aliphatic carbocycles. The van der Waals surface area contributed by atoms with Gasteiger partial charge in [0.1, 0.15) is 6.04 Å². The number of aromatic nitrogens is 1. The fourth-order valence-electron chi connectivity index (χ4n) is 2.70. The standard InChI is InChI=1S/C17H26N2O2/c1-17(2,3)8-7-15(16(20)21)19-11-12-9-13-5-4-6-14(13)18-10-12/h9-10,15,19H,4-8,11H2,1-3H3,(H,20,21). The number of nitrogens with zero attached hydrogens (tertiary/aromatic N) is 1. The van der Waals surface area contributed by atoms with Gasteiger partial charge in [-0.3, -0.25) is 9.78 Å². The van der Waals surface area contributed by atoms with Gasteiger partial charge in [-0.1, -0.05) is 26.8 Å². The highest BCUT2D eigenvalue weighted by Crippen LogP contribution is 2.22. The molecule has 2 rings (SSSR count). The Balaban J connectivity index is 1.91. The molecule has 0 saturated heterocycles. The highest BCUT2D eigenvalue weighted by Gasteiger charge is 2.21. The van der Waals surface area contributed by atoms with E-state index in [1.54, 1.807) is 0 Å². The second kappa shape index (κ2) is 6.56. The topological polar surface area (TPSA) is 62.2 Å². The maximum atomic E-state index is 11.3. The molecular weight excluding hydrogens is 264 g/mol. The molecule has 0 radical (unpaired) electrons. The number of fused-ring (bicyclic) bond motifs is 1. The van der Waals surface area contributed by atoms with Crippen molar-refractivity contribution in [2.45, 2.75) is 65.5 Å². The first-order valence-electron chi connectivity index (χ1n) is 7.78. The molecule has 2 N–H and O–H groups in total. The van der Waals surface area contributed by atoms with Gasteiger partial charge in [0, 0.05) is 18.4 Å². The van der Waals surface area contributed by atoms with Crippen molar-refractivity contribution in [2.24, 2.45) is 5.41 Å². The number of carboxylic acids is 1. The molecule has 4 nitrogen and oxygen atoms in total. The maximum absolute atomic E-state index is 11.3. The number of aliphatic carboxylic acids is 1. The van der Waals surface area contributed by atoms with Crippen LogP contribution in [0.4, 0.5) is 0 Å². The molecule has 0 spiro atoms. The molecule has 1 aromatic heterocycles. The smallest absolute Gasteiger partial charge is 0.320 e. The lowest BCUT2D eigenvalue weighted by molar-refractivity contribution is -0.139. The second-order valence-electron chi connectivity index (χ2n) is 7.17. The molecule has 4 heteroatoms. The molecule has 1 unspecified atom stereocenters. The molecule has 1 aliphatic rings. The van der Waals surface area contributed by atoms with Gasteiger partial charge < -0.3 is 10.4 Å². The molecule has 1 atom stereocenters. The van der Waals surface area contributed by atoms with Gasteiger partial charge in [-0.25, -0.2) is 0 Å². The van der Waals surface area contributed by atoms with Crippen LogP contribution in [0.1, 0.15) is 56.9 Å². The molecule has 21 heavy (non-hydrogen) atoms. The molecule has 0 fully saturated rings. The van der Waals surface area contributed by atoms with Crippen molar-refractivity contribution in [1.29, 1.82) is 0 Å². The van der Waals surface area contributed by atoms with Gasteiger partial charge in [-0.05, 0) is 48.6 Å². The molecule has 0 amide bonds. The molecule has 1 heterocycles. The Bertz CT molecular complexity index is 506. The van der Waals surface area contributed by atoms with Crippen LogP contribution in [0.3, 0.4) is 0 Å². The van der Waals surface area contributed by atoms with Crippen LogP contribution in [0.25, 0.3) is 0 Å². The van der Waals surface area contributed by atoms with E-state index in [2.05, 4.69) is 37.1 Å². The summed E-state index contributed by atoms with van der Waals surface area (Å²) in [6.07, 6.45) is 6.77. The first kappa shape index (κ1) is 16.0. The summed E-state index contributed by atoms with van der Waals surface area (Å²) in [5.74, 6) is -0.770. The van der Waals surface area contributed by atoms with Crippen LogP contribution in [0, 0.1) is 5.41 Å². The van der Waals surface area contributed by atoms with Crippen molar-refractivity contribution in [3.05, 3.63) is 29.1 Å². The molecular formula is C17H26N2O2. The average molecular weight is 290 g/mol. The largest absolute Gasteiger partial charge is 0.480 e. The third kappa shape index (κ3) is 4.81. The monoisotopic (exact) mass is 290 g/mol. The summed E-state index contributed by atoms with van der Waals surface area (Å²) in [6, 6.07) is 1.68. The van der Waals surface area contributed by atoms with E-state index in [1.165, 1.54) is 17.7 Å². The molecule has 0 bridgehead atoms. The third-order valence-electron chi connectivity index (χ3n) is 4.01. The SMILES string of the molecule is CC(C)(C)CCC(NCc1cnc2c(c1)CCC2)C(=O)O. The number of hydrogen-bond acceptors (Lipinski definition) is 3. The fourth-order valence-corrected chi connectivity index (χ4v) is 2.70. The minimum atomic E-state index is -0.770. The summed E-state index contributed by atoms with van der Waals surface area (Å²) < 4.78 is 0. The maximum Gasteiger partial charge on any atom is 0.320 e. The minimum absolute atomic E-state index is 0.157. The third-order valence-corrected chi connectivity index (χ3v) is 4.01. The summed E-state index contributed by atoms with van der Waals surface area (Å²) in [4.78, 5) is 15.8. The number of pyridine rings is 1. The van der Waals surface area contributed by atoms with Crippen LogP contribution >= 0.6 is 0 Å². The van der Waals surface area contributed by atoms with Gasteiger partial charge in [-0.15, -0.1) is 0 Å². The average Bonchev–Trinajstić information content (AvgIpc) is 2.84. The lowest BCUT2D eigenvalue weighted by Crippen LogP contribution is -2.37. The van der Waals surface area contributed by atoms with Crippen molar-refractivity contribution >= 4 is 5.97 Å². The van der Waals surface area contributed by atoms with Gasteiger partial charge in [0.15, 0.2) is 0 Å². The van der Waals surface area contributed by atoms with Crippen LogP contribution in [0.2, 0.25) is 0 Å². The predicted molar refractivity (Wildman–Crippen MR) is 83.2 cm³/mol. The molecule has 0 aliphatic heterocycles. The summed E-state index contributed by atoms with van der Waals surface area (Å²) in [5.41, 5.74) is 3.78. The Labute approximate surface area is 127 Å². The van der Waals surface area contributed by atoms with Crippen LogP contribution in [-0.2, 0) is 24.2 Å². The van der Waals surface area contributed by atoms with Crippen molar-refractivity contribution in [3.8, 4) is 0 Å². The van der Waals surface area contributed by atoms with Gasteiger partial charge in [0.2, 0.25) is 0 Å². The van der Waals surface area contributed by atoms with Crippen molar-refractivity contribution in [1.82, 2.24) is 10.3 Å². The van der Waals surface area contributed by atoms with Gasteiger partial charge in [0.25, 0.3) is 0 Å². The Morgan fingerprint density at radius 1 is 1.43 bits per heavy atom. The Morgan fingerprint density at radius 3 is 2.86 bits per heavy atom. The zero-order chi connectivity index (χ0) is 15.5. The zero-order valence-electron chi connectivity index (χ0n) is 13.3. The van der Waals surface area contributed by atoms with E-state index >= 15 is 0 Å². The van der Waals surface area contributed by atoms with E-state index < -0.39 is 12.0 Å². The van der Waals surface area contributed by atoms with E-state index in [9.17, 15) is 9.90 Å². The predicted octanol–water partition coefficient (Wildman–Crippen LogP) is 2.94. The summed E-state index contributed by atoms with van der Waals surface area (Å²) >= 11 is 0. The highest BCUT2D eigenvalue weighted by molar-refractivity contribution is 5.73. The lowest BCUT2D eigenvalue weighted by Gasteiger charge is -2.21. The summed E-state index contributed by atoms with van der Waals surface area (Å²) in [5, 5.41) is 12.5. The van der Waals surface area contributed by atoms with E-state index in [1.807, 2.05) is 6.20 Å². The molecule has 0 saturated carbocycles. The molecule has 116 valence electrons. The molecule has 0 aromatic carbocycles. The van der Waals surface area contributed by atoms with Gasteiger partial charge >= 0.3 is 5.97 Å². The number of nitrogens with one attached hydrogen (secondary N) is 1. The second-order valence-corrected chi connectivity index (χ2v) is 7.17. The molecule has 1 aromatic rings. The normalized spacial score (nSPS) is 15.8. The van der Waals surface area contributed by atoms with Gasteiger partial charge in [-0.2, -0.15) is 0 Å². The van der Waals surface area contributed by atoms with E-state index in [0.717, 1.165) is 24.8 Å². The van der Waals surface area contributed by atoms with E-state index in [0.29, 0.717) is 13.0 Å². The first-order valence-corrected chi connectivity index (χ1v) is 7.78. The number of carbonyl (C=O) groups is 1.